The van der Waals surface area contributed by atoms with E-state index in [1.807, 2.05) is 6.08 Å². The largest absolute Gasteiger partial charge is 0.378 e. The number of nitrogens with one attached hydrogen (secondary N) is 1. The molecule has 0 spiro atoms. The number of halogens is 1. The summed E-state index contributed by atoms with van der Waals surface area (Å²) in [5.41, 5.74) is 0. The van der Waals surface area contributed by atoms with Gasteiger partial charge in [0.1, 0.15) is 12.1 Å². The molecule has 0 radical (unpaired) electrons. The van der Waals surface area contributed by atoms with Gasteiger partial charge in [-0.1, -0.05) is 23.8 Å². The number of carbonyl (C=O) groups is 2. The second-order valence-electron chi connectivity index (χ2n) is 6.88. The first-order valence-electron chi connectivity index (χ1n) is 9.17. The van der Waals surface area contributed by atoms with Crippen LogP contribution in [0.5, 0.6) is 0 Å². The molecule has 0 aromatic rings. The van der Waals surface area contributed by atoms with Gasteiger partial charge < -0.3 is 14.5 Å². The fourth-order valence-corrected chi connectivity index (χ4v) is 5.83. The zero-order chi connectivity index (χ0) is 20.3. The van der Waals surface area contributed by atoms with Crippen LogP contribution in [0.2, 0.25) is 0 Å². The number of ether oxygens (including phenoxy) is 1. The van der Waals surface area contributed by atoms with Crippen LogP contribution in [0, 0.1) is 0 Å². The van der Waals surface area contributed by atoms with Gasteiger partial charge in [-0.3, -0.25) is 9.59 Å². The quantitative estimate of drug-likeness (QED) is 0.646. The summed E-state index contributed by atoms with van der Waals surface area (Å²) in [6.45, 7) is 4.00. The van der Waals surface area contributed by atoms with Gasteiger partial charge in [0.25, 0.3) is 0 Å². The molecule has 3 rings (SSSR count). The number of amides is 2. The van der Waals surface area contributed by atoms with Crippen LogP contribution in [0.4, 0.5) is 0 Å². The van der Waals surface area contributed by atoms with Gasteiger partial charge in [0.15, 0.2) is 0 Å². The van der Waals surface area contributed by atoms with Crippen molar-refractivity contribution in [1.29, 1.82) is 0 Å². The Hall–Kier alpha value is -1.07. The standard InChI is InChI=1S/C17H24ClN3O5S2/c1-12(16(22)20-7-9-26-10-8-20)21-6-4-14(17(21)23)19-28(24,25)11-5-13-2-3-15(18)27-13/h3,5,11-14,19H,2,4,6-10H2,1H3/b11-5+/t12-,13?,14-/m0/s1. The van der Waals surface area contributed by atoms with Crippen LogP contribution in [0.3, 0.4) is 0 Å². The lowest BCUT2D eigenvalue weighted by molar-refractivity contribution is -0.146. The molecule has 0 bridgehead atoms. The van der Waals surface area contributed by atoms with Gasteiger partial charge in [-0.15, -0.1) is 11.8 Å². The summed E-state index contributed by atoms with van der Waals surface area (Å²) >= 11 is 7.27. The highest BCUT2D eigenvalue weighted by Gasteiger charge is 2.39. The second-order valence-corrected chi connectivity index (χ2v) is 10.4. The van der Waals surface area contributed by atoms with Gasteiger partial charge in [-0.25, -0.2) is 8.42 Å². The van der Waals surface area contributed by atoms with Gasteiger partial charge in [0, 0.05) is 30.3 Å². The first-order valence-corrected chi connectivity index (χ1v) is 12.0. The van der Waals surface area contributed by atoms with Crippen molar-refractivity contribution >= 4 is 45.2 Å². The molecule has 0 saturated carbocycles. The fourth-order valence-electron chi connectivity index (χ4n) is 3.37. The Balaban J connectivity index is 1.55. The smallest absolute Gasteiger partial charge is 0.245 e. The summed E-state index contributed by atoms with van der Waals surface area (Å²) in [6, 6.07) is -1.48. The zero-order valence-electron chi connectivity index (χ0n) is 15.5. The highest BCUT2D eigenvalue weighted by molar-refractivity contribution is 8.05. The van der Waals surface area contributed by atoms with Crippen LogP contribution in [-0.4, -0.2) is 80.2 Å². The van der Waals surface area contributed by atoms with Crippen LogP contribution >= 0.6 is 23.4 Å². The number of likely N-dealkylation sites (tertiary alicyclic amines) is 1. The molecule has 0 aromatic heterocycles. The maximum atomic E-state index is 12.7. The van der Waals surface area contributed by atoms with Gasteiger partial charge in [0.05, 0.1) is 17.6 Å². The van der Waals surface area contributed by atoms with E-state index in [0.717, 1.165) is 5.41 Å². The molecule has 1 N–H and O–H groups in total. The van der Waals surface area contributed by atoms with Gasteiger partial charge in [0.2, 0.25) is 21.8 Å². The second kappa shape index (κ2) is 9.17. The highest BCUT2D eigenvalue weighted by atomic mass is 35.5. The SMILES string of the molecule is C[C@@H](C(=O)N1CCOCC1)N1CC[C@H](NS(=O)(=O)/C=C/C2CC=C(Cl)S2)C1=O. The topological polar surface area (TPSA) is 96.0 Å². The minimum absolute atomic E-state index is 0.0222. The molecule has 156 valence electrons. The highest BCUT2D eigenvalue weighted by Crippen LogP contribution is 2.35. The monoisotopic (exact) mass is 449 g/mol. The molecule has 3 heterocycles. The van der Waals surface area contributed by atoms with E-state index in [1.165, 1.54) is 16.7 Å². The Bertz CT molecular complexity index is 780. The number of thioether (sulfide) groups is 1. The lowest BCUT2D eigenvalue weighted by Crippen LogP contribution is -2.52. The summed E-state index contributed by atoms with van der Waals surface area (Å²) in [5.74, 6) is -0.506. The van der Waals surface area contributed by atoms with Crippen molar-refractivity contribution in [2.75, 3.05) is 32.8 Å². The van der Waals surface area contributed by atoms with Crippen molar-refractivity contribution in [3.63, 3.8) is 0 Å². The van der Waals surface area contributed by atoms with Gasteiger partial charge in [-0.2, -0.15) is 4.72 Å². The third kappa shape index (κ3) is 5.29. The fraction of sp³-hybridized carbons (Fsp3) is 0.647. The Morgan fingerprint density at radius 2 is 2.11 bits per heavy atom. The average Bonchev–Trinajstić information content (AvgIpc) is 3.25. The minimum Gasteiger partial charge on any atom is -0.378 e. The average molecular weight is 450 g/mol. The van der Waals surface area contributed by atoms with E-state index in [2.05, 4.69) is 4.72 Å². The van der Waals surface area contributed by atoms with E-state index in [-0.39, 0.29) is 17.1 Å². The molecule has 2 amide bonds. The molecule has 3 aliphatic heterocycles. The first kappa shape index (κ1) is 21.6. The van der Waals surface area contributed by atoms with Crippen molar-refractivity contribution in [2.45, 2.75) is 37.1 Å². The number of nitrogens with zero attached hydrogens (tertiary/aromatic N) is 2. The van der Waals surface area contributed by atoms with E-state index >= 15 is 0 Å². The van der Waals surface area contributed by atoms with E-state index < -0.39 is 22.1 Å². The Labute approximate surface area is 174 Å². The normalized spacial score (nSPS) is 27.5. The summed E-state index contributed by atoms with van der Waals surface area (Å²) in [4.78, 5) is 28.4. The molecule has 2 saturated heterocycles. The van der Waals surface area contributed by atoms with E-state index in [9.17, 15) is 18.0 Å². The number of rotatable bonds is 6. The zero-order valence-corrected chi connectivity index (χ0v) is 17.9. The third-order valence-electron chi connectivity index (χ3n) is 4.94. The molecule has 3 atom stereocenters. The number of hydrogen-bond acceptors (Lipinski definition) is 6. The van der Waals surface area contributed by atoms with E-state index in [1.54, 1.807) is 17.9 Å². The summed E-state index contributed by atoms with van der Waals surface area (Å²) in [5, 5.41) is 1.07. The van der Waals surface area contributed by atoms with Gasteiger partial charge >= 0.3 is 0 Å². The maximum absolute atomic E-state index is 12.7. The number of allylic oxidation sites excluding steroid dienone is 1. The predicted octanol–water partition coefficient (Wildman–Crippen LogP) is 0.853. The predicted molar refractivity (Wildman–Crippen MR) is 108 cm³/mol. The molecule has 0 aliphatic carbocycles. The van der Waals surface area contributed by atoms with Crippen molar-refractivity contribution in [2.24, 2.45) is 0 Å². The van der Waals surface area contributed by atoms with Crippen LogP contribution in [0.15, 0.2) is 21.9 Å². The lowest BCUT2D eigenvalue weighted by Gasteiger charge is -2.32. The number of hydrogen-bond donors (Lipinski definition) is 1. The number of sulfonamides is 1. The van der Waals surface area contributed by atoms with Crippen molar-refractivity contribution in [1.82, 2.24) is 14.5 Å². The Morgan fingerprint density at radius 1 is 1.39 bits per heavy atom. The maximum Gasteiger partial charge on any atom is 0.245 e. The molecular formula is C17H24ClN3O5S2. The molecule has 3 aliphatic rings. The van der Waals surface area contributed by atoms with E-state index in [4.69, 9.17) is 16.3 Å². The molecule has 11 heteroatoms. The van der Waals surface area contributed by atoms with Crippen molar-refractivity contribution in [3.8, 4) is 0 Å². The molecule has 28 heavy (non-hydrogen) atoms. The van der Waals surface area contributed by atoms with E-state index in [0.29, 0.717) is 50.1 Å². The summed E-state index contributed by atoms with van der Waals surface area (Å²) in [6.07, 6.45) is 4.41. The Morgan fingerprint density at radius 3 is 2.75 bits per heavy atom. The van der Waals surface area contributed by atoms with Gasteiger partial charge in [-0.05, 0) is 19.8 Å². The molecule has 1 unspecified atom stereocenters. The summed E-state index contributed by atoms with van der Waals surface area (Å²) < 4.78 is 33.0. The van der Waals surface area contributed by atoms with Crippen LogP contribution < -0.4 is 4.72 Å². The van der Waals surface area contributed by atoms with Crippen LogP contribution in [0.25, 0.3) is 0 Å². The third-order valence-corrected chi connectivity index (χ3v) is 7.54. The first-order chi connectivity index (χ1) is 13.3. The molecule has 2 fully saturated rings. The number of carbonyl (C=O) groups excluding carboxylic acids is 2. The minimum atomic E-state index is -3.76. The molecular weight excluding hydrogens is 426 g/mol. The Kier molecular flexibility index (Phi) is 7.08. The molecule has 8 nitrogen and oxygen atoms in total. The van der Waals surface area contributed by atoms with Crippen LogP contribution in [0.1, 0.15) is 19.8 Å². The number of morpholine rings is 1. The summed E-state index contributed by atoms with van der Waals surface area (Å²) in [7, 11) is -3.76. The molecule has 0 aromatic carbocycles. The lowest BCUT2D eigenvalue weighted by atomic mass is 10.2. The van der Waals surface area contributed by atoms with Crippen LogP contribution in [-0.2, 0) is 24.3 Å². The van der Waals surface area contributed by atoms with Crippen molar-refractivity contribution in [3.05, 3.63) is 21.9 Å². The van der Waals surface area contributed by atoms with Crippen molar-refractivity contribution < 1.29 is 22.7 Å².